The van der Waals surface area contributed by atoms with Crippen molar-refractivity contribution >= 4 is 11.3 Å². The van der Waals surface area contributed by atoms with Crippen molar-refractivity contribution in [3.05, 3.63) is 52.5 Å². The highest BCUT2D eigenvalue weighted by Gasteiger charge is 1.95. The Morgan fingerprint density at radius 3 is 2.77 bits per heavy atom. The van der Waals surface area contributed by atoms with E-state index in [-0.39, 0.29) is 0 Å². The fraction of sp³-hybridized carbons (Fsp3) is 0.182. The minimum atomic E-state index is 1.04. The third-order valence-corrected chi connectivity index (χ3v) is 2.87. The van der Waals surface area contributed by atoms with Crippen molar-refractivity contribution in [1.29, 1.82) is 0 Å². The van der Waals surface area contributed by atoms with Gasteiger partial charge in [-0.3, -0.25) is 4.98 Å². The molecule has 0 spiro atoms. The van der Waals surface area contributed by atoms with Gasteiger partial charge in [0.25, 0.3) is 0 Å². The molecule has 0 aliphatic heterocycles. The summed E-state index contributed by atoms with van der Waals surface area (Å²) < 4.78 is 0. The molecule has 2 heterocycles. The van der Waals surface area contributed by atoms with Gasteiger partial charge in [-0.1, -0.05) is 12.1 Å². The summed E-state index contributed by atoms with van der Waals surface area (Å²) in [5, 5.41) is 2.12. The van der Waals surface area contributed by atoms with Gasteiger partial charge in [0.05, 0.1) is 0 Å². The zero-order valence-electron chi connectivity index (χ0n) is 7.31. The molecule has 0 aromatic carbocycles. The largest absolute Gasteiger partial charge is 0.261 e. The smallest absolute Gasteiger partial charge is 0.0407 e. The van der Waals surface area contributed by atoms with Crippen LogP contribution in [0.25, 0.3) is 0 Å². The van der Waals surface area contributed by atoms with E-state index in [9.17, 15) is 0 Å². The second-order valence-electron chi connectivity index (χ2n) is 2.90. The van der Waals surface area contributed by atoms with Crippen molar-refractivity contribution in [3.63, 3.8) is 0 Å². The van der Waals surface area contributed by atoms with Crippen molar-refractivity contribution in [1.82, 2.24) is 4.98 Å². The van der Waals surface area contributed by atoms with Crippen LogP contribution in [0.4, 0.5) is 0 Å². The van der Waals surface area contributed by atoms with Crippen molar-refractivity contribution in [2.24, 2.45) is 0 Å². The van der Waals surface area contributed by atoms with E-state index in [0.717, 1.165) is 12.8 Å². The summed E-state index contributed by atoms with van der Waals surface area (Å²) in [6.45, 7) is 0. The maximum atomic E-state index is 4.28. The Bertz CT molecular complexity index is 340. The van der Waals surface area contributed by atoms with Gasteiger partial charge in [0.1, 0.15) is 0 Å². The Hall–Kier alpha value is -1.15. The third kappa shape index (κ3) is 2.39. The summed E-state index contributed by atoms with van der Waals surface area (Å²) in [7, 11) is 0. The lowest BCUT2D eigenvalue weighted by atomic mass is 10.2. The van der Waals surface area contributed by atoms with Gasteiger partial charge in [-0.2, -0.15) is 0 Å². The van der Waals surface area contributed by atoms with Crippen molar-refractivity contribution in [2.45, 2.75) is 12.8 Å². The van der Waals surface area contributed by atoms with E-state index >= 15 is 0 Å². The van der Waals surface area contributed by atoms with Crippen molar-refractivity contribution in [3.8, 4) is 0 Å². The lowest BCUT2D eigenvalue weighted by molar-refractivity contribution is 0.928. The van der Waals surface area contributed by atoms with Crippen molar-refractivity contribution < 1.29 is 0 Å². The van der Waals surface area contributed by atoms with Gasteiger partial charge >= 0.3 is 0 Å². The minimum absolute atomic E-state index is 1.04. The molecule has 2 heteroatoms. The summed E-state index contributed by atoms with van der Waals surface area (Å²) in [6, 6.07) is 10.3. The van der Waals surface area contributed by atoms with Crippen LogP contribution in [0.1, 0.15) is 10.6 Å². The maximum Gasteiger partial charge on any atom is 0.0407 e. The number of rotatable bonds is 3. The van der Waals surface area contributed by atoms with E-state index in [0.29, 0.717) is 0 Å². The average Bonchev–Trinajstić information content (AvgIpc) is 2.69. The minimum Gasteiger partial charge on any atom is -0.261 e. The summed E-state index contributed by atoms with van der Waals surface area (Å²) in [4.78, 5) is 5.72. The molecule has 0 radical (unpaired) electrons. The number of aromatic nitrogens is 1. The van der Waals surface area contributed by atoms with Gasteiger partial charge in [-0.15, -0.1) is 11.3 Å². The molecule has 0 saturated carbocycles. The number of nitrogens with zero attached hydrogens (tertiary/aromatic N) is 1. The van der Waals surface area contributed by atoms with Gasteiger partial charge in [0.2, 0.25) is 0 Å². The molecule has 0 aliphatic carbocycles. The molecule has 2 aromatic heterocycles. The van der Waals surface area contributed by atoms with E-state index in [1.54, 1.807) is 0 Å². The molecule has 0 bridgehead atoms. The Kier molecular flexibility index (Phi) is 2.72. The Morgan fingerprint density at radius 2 is 2.08 bits per heavy atom. The summed E-state index contributed by atoms with van der Waals surface area (Å²) in [6.07, 6.45) is 4.00. The molecular formula is C11H11NS. The number of thiophene rings is 1. The van der Waals surface area contributed by atoms with Gasteiger partial charge in [-0.05, 0) is 36.4 Å². The second-order valence-corrected chi connectivity index (χ2v) is 3.93. The van der Waals surface area contributed by atoms with Crippen LogP contribution in [-0.4, -0.2) is 4.98 Å². The van der Waals surface area contributed by atoms with Crippen LogP contribution in [0.2, 0.25) is 0 Å². The van der Waals surface area contributed by atoms with Gasteiger partial charge in [-0.25, -0.2) is 0 Å². The topological polar surface area (TPSA) is 12.9 Å². The lowest BCUT2D eigenvalue weighted by Gasteiger charge is -1.97. The fourth-order valence-corrected chi connectivity index (χ4v) is 1.96. The fourth-order valence-electron chi connectivity index (χ4n) is 1.25. The van der Waals surface area contributed by atoms with E-state index in [1.807, 2.05) is 29.7 Å². The first kappa shape index (κ1) is 8.45. The zero-order chi connectivity index (χ0) is 8.93. The van der Waals surface area contributed by atoms with E-state index in [2.05, 4.69) is 28.6 Å². The molecule has 0 unspecified atom stereocenters. The average molecular weight is 189 g/mol. The van der Waals surface area contributed by atoms with Crippen LogP contribution in [0, 0.1) is 0 Å². The third-order valence-electron chi connectivity index (χ3n) is 1.93. The van der Waals surface area contributed by atoms with Crippen LogP contribution in [-0.2, 0) is 12.8 Å². The molecule has 0 amide bonds. The van der Waals surface area contributed by atoms with Crippen LogP contribution < -0.4 is 0 Å². The molecule has 66 valence electrons. The first-order valence-corrected chi connectivity index (χ1v) is 5.25. The van der Waals surface area contributed by atoms with Crippen LogP contribution in [0.5, 0.6) is 0 Å². The van der Waals surface area contributed by atoms with Gasteiger partial charge < -0.3 is 0 Å². The second kappa shape index (κ2) is 4.19. The highest BCUT2D eigenvalue weighted by atomic mass is 32.1. The highest BCUT2D eigenvalue weighted by molar-refractivity contribution is 7.09. The number of pyridine rings is 1. The Balaban J connectivity index is 1.94. The molecular weight excluding hydrogens is 178 g/mol. The highest BCUT2D eigenvalue weighted by Crippen LogP contribution is 2.11. The molecule has 0 fully saturated rings. The first-order chi connectivity index (χ1) is 6.45. The predicted molar refractivity (Wildman–Crippen MR) is 56.0 cm³/mol. The summed E-state index contributed by atoms with van der Waals surface area (Å²) >= 11 is 1.81. The van der Waals surface area contributed by atoms with Crippen LogP contribution >= 0.6 is 11.3 Å². The molecule has 0 saturated heterocycles. The van der Waals surface area contributed by atoms with Crippen LogP contribution in [0.3, 0.4) is 0 Å². The summed E-state index contributed by atoms with van der Waals surface area (Å²) in [5.74, 6) is 0. The predicted octanol–water partition coefficient (Wildman–Crippen LogP) is 2.93. The van der Waals surface area contributed by atoms with Gasteiger partial charge in [0.15, 0.2) is 0 Å². The molecule has 13 heavy (non-hydrogen) atoms. The van der Waals surface area contributed by atoms with E-state index in [4.69, 9.17) is 0 Å². The normalized spacial score (nSPS) is 10.2. The van der Waals surface area contributed by atoms with Gasteiger partial charge in [0, 0.05) is 16.8 Å². The zero-order valence-corrected chi connectivity index (χ0v) is 8.13. The molecule has 2 rings (SSSR count). The maximum absolute atomic E-state index is 4.28. The van der Waals surface area contributed by atoms with E-state index < -0.39 is 0 Å². The molecule has 0 atom stereocenters. The lowest BCUT2D eigenvalue weighted by Crippen LogP contribution is -1.91. The molecule has 0 N–H and O–H groups in total. The van der Waals surface area contributed by atoms with E-state index in [1.165, 1.54) is 10.6 Å². The monoisotopic (exact) mass is 189 g/mol. The van der Waals surface area contributed by atoms with Crippen LogP contribution in [0.15, 0.2) is 41.9 Å². The summed E-state index contributed by atoms with van der Waals surface area (Å²) in [5.41, 5.74) is 1.18. The van der Waals surface area contributed by atoms with Crippen molar-refractivity contribution in [2.75, 3.05) is 0 Å². The number of aryl methyl sites for hydroxylation is 2. The first-order valence-electron chi connectivity index (χ1n) is 4.37. The standard InChI is InChI=1S/C11H11NS/c1-2-8-12-10(4-1)6-7-11-5-3-9-13-11/h1-5,8-9H,6-7H2. The Labute approximate surface area is 82.1 Å². The number of hydrogen-bond donors (Lipinski definition) is 0. The SMILES string of the molecule is c1ccc(CCc2cccs2)nc1. The quantitative estimate of drug-likeness (QED) is 0.723. The molecule has 2 aromatic rings. The molecule has 0 aliphatic rings. The molecule has 1 nitrogen and oxygen atoms in total. The number of hydrogen-bond acceptors (Lipinski definition) is 2. The Morgan fingerprint density at radius 1 is 1.08 bits per heavy atom.